The fourth-order valence-corrected chi connectivity index (χ4v) is 4.59. The number of ketones is 1. The van der Waals surface area contributed by atoms with E-state index in [0.717, 1.165) is 48.2 Å². The molecular weight excluding hydrogens is 416 g/mol. The van der Waals surface area contributed by atoms with Crippen LogP contribution in [0, 0.1) is 0 Å². The number of rotatable bonds is 6. The second kappa shape index (κ2) is 8.93. The summed E-state index contributed by atoms with van der Waals surface area (Å²) in [5.41, 5.74) is 5.61. The zero-order chi connectivity index (χ0) is 22.0. The van der Waals surface area contributed by atoms with Crippen molar-refractivity contribution in [3.63, 3.8) is 0 Å². The number of aryl methyl sites for hydroxylation is 1. The highest BCUT2D eigenvalue weighted by Gasteiger charge is 2.23. The van der Waals surface area contributed by atoms with Gasteiger partial charge in [0.05, 0.1) is 12.3 Å². The van der Waals surface area contributed by atoms with Gasteiger partial charge in [-0.15, -0.1) is 10.2 Å². The van der Waals surface area contributed by atoms with E-state index in [9.17, 15) is 14.4 Å². The number of nitrogen functional groups attached to an aromatic ring is 1. The van der Waals surface area contributed by atoms with E-state index in [1.807, 2.05) is 34.9 Å². The zero-order valence-electron chi connectivity index (χ0n) is 17.3. The molecule has 10 heteroatoms. The van der Waals surface area contributed by atoms with E-state index in [1.54, 1.807) is 0 Å². The zero-order valence-corrected chi connectivity index (χ0v) is 18.1. The number of nitrogens with two attached hydrogens (primary N) is 1. The first-order valence-corrected chi connectivity index (χ1v) is 11.2. The van der Waals surface area contributed by atoms with Crippen LogP contribution in [0.15, 0.2) is 45.1 Å². The third-order valence-electron chi connectivity index (χ3n) is 5.45. The molecule has 162 valence electrons. The van der Waals surface area contributed by atoms with E-state index in [4.69, 9.17) is 5.73 Å². The fourth-order valence-electron chi connectivity index (χ4n) is 3.73. The quantitative estimate of drug-likeness (QED) is 0.455. The molecule has 9 nitrogen and oxygen atoms in total. The predicted octanol–water partition coefficient (Wildman–Crippen LogP) is 1.47. The molecular formula is C21H24N6O3S. The van der Waals surface area contributed by atoms with Crippen LogP contribution in [0.4, 0.5) is 5.82 Å². The molecule has 1 aromatic carbocycles. The summed E-state index contributed by atoms with van der Waals surface area (Å²) in [5.74, 6) is 0.374. The van der Waals surface area contributed by atoms with Crippen molar-refractivity contribution < 1.29 is 4.79 Å². The fraction of sp³-hybridized carbons (Fsp3) is 0.381. The number of hydrogen-bond donors (Lipinski definition) is 1. The van der Waals surface area contributed by atoms with Crippen molar-refractivity contribution >= 4 is 23.4 Å². The molecule has 0 fully saturated rings. The topological polar surface area (TPSA) is 118 Å². The molecule has 31 heavy (non-hydrogen) atoms. The van der Waals surface area contributed by atoms with E-state index in [2.05, 4.69) is 10.2 Å². The molecule has 0 radical (unpaired) electrons. The number of nitrogens with zero attached hydrogens (tertiary/aromatic N) is 5. The summed E-state index contributed by atoms with van der Waals surface area (Å²) < 4.78 is 4.24. The average molecular weight is 441 g/mol. The minimum Gasteiger partial charge on any atom is -0.384 e. The van der Waals surface area contributed by atoms with Gasteiger partial charge in [0.25, 0.3) is 5.56 Å². The molecule has 1 aliphatic heterocycles. The molecule has 0 saturated heterocycles. The van der Waals surface area contributed by atoms with Gasteiger partial charge in [-0.3, -0.25) is 18.7 Å². The van der Waals surface area contributed by atoms with Crippen LogP contribution in [-0.4, -0.2) is 35.4 Å². The normalized spacial score (nSPS) is 13.6. The van der Waals surface area contributed by atoms with Gasteiger partial charge < -0.3 is 10.3 Å². The maximum absolute atomic E-state index is 13.0. The summed E-state index contributed by atoms with van der Waals surface area (Å²) in [5, 5.41) is 9.11. The van der Waals surface area contributed by atoms with Gasteiger partial charge in [-0.1, -0.05) is 48.5 Å². The SMILES string of the molecule is Cn1c(=O)c(C(=O)CSc2nnc3n2CCCCC3)c(N)n(Cc2ccccc2)c1=O. The van der Waals surface area contributed by atoms with Gasteiger partial charge in [-0.05, 0) is 18.4 Å². The number of benzene rings is 1. The number of carbonyl (C=O) groups excluding carboxylic acids is 1. The van der Waals surface area contributed by atoms with Gasteiger partial charge in [0.2, 0.25) is 0 Å². The molecule has 1 aliphatic rings. The number of Topliss-reactive ketones (excluding diaryl/α,β-unsaturated/α-hetero) is 1. The first-order chi connectivity index (χ1) is 15.0. The van der Waals surface area contributed by atoms with Crippen molar-refractivity contribution in [2.45, 2.75) is 43.9 Å². The van der Waals surface area contributed by atoms with Crippen molar-refractivity contribution in [1.29, 1.82) is 0 Å². The van der Waals surface area contributed by atoms with E-state index in [0.29, 0.717) is 5.16 Å². The molecule has 4 rings (SSSR count). The first-order valence-electron chi connectivity index (χ1n) is 10.2. The summed E-state index contributed by atoms with van der Waals surface area (Å²) in [6, 6.07) is 9.27. The maximum Gasteiger partial charge on any atom is 0.332 e. The van der Waals surface area contributed by atoms with Gasteiger partial charge in [-0.2, -0.15) is 0 Å². The van der Waals surface area contributed by atoms with Gasteiger partial charge >= 0.3 is 5.69 Å². The standard InChI is InChI=1S/C21H24N6O3S/c1-25-19(29)17(18(22)27(21(25)30)12-14-8-4-2-5-9-14)15(28)13-31-20-24-23-16-10-6-3-7-11-26(16)20/h2,4-5,8-9H,3,6-7,10-13,22H2,1H3. The molecule has 0 unspecified atom stereocenters. The Kier molecular flexibility index (Phi) is 6.08. The van der Waals surface area contributed by atoms with Crippen molar-refractivity contribution in [2.24, 2.45) is 7.05 Å². The lowest BCUT2D eigenvalue weighted by Crippen LogP contribution is -2.43. The van der Waals surface area contributed by atoms with Crippen LogP contribution in [0.2, 0.25) is 0 Å². The van der Waals surface area contributed by atoms with Crippen LogP contribution in [0.5, 0.6) is 0 Å². The molecule has 2 aromatic heterocycles. The smallest absolute Gasteiger partial charge is 0.332 e. The lowest BCUT2D eigenvalue weighted by atomic mass is 10.2. The van der Waals surface area contributed by atoms with Crippen molar-refractivity contribution in [3.8, 4) is 0 Å². The predicted molar refractivity (Wildman–Crippen MR) is 119 cm³/mol. The van der Waals surface area contributed by atoms with Crippen LogP contribution in [0.25, 0.3) is 0 Å². The largest absolute Gasteiger partial charge is 0.384 e. The number of fused-ring (bicyclic) bond motifs is 1. The molecule has 0 bridgehead atoms. The lowest BCUT2D eigenvalue weighted by molar-refractivity contribution is 0.102. The third kappa shape index (κ3) is 4.20. The molecule has 2 N–H and O–H groups in total. The highest BCUT2D eigenvalue weighted by molar-refractivity contribution is 7.99. The van der Waals surface area contributed by atoms with Crippen LogP contribution < -0.4 is 17.0 Å². The summed E-state index contributed by atoms with van der Waals surface area (Å²) in [6.45, 7) is 0.995. The Bertz CT molecular complexity index is 1230. The summed E-state index contributed by atoms with van der Waals surface area (Å²) in [4.78, 5) is 38.3. The molecule has 3 aromatic rings. The van der Waals surface area contributed by atoms with Crippen LogP contribution in [0.3, 0.4) is 0 Å². The van der Waals surface area contributed by atoms with Crippen molar-refractivity contribution in [2.75, 3.05) is 11.5 Å². The average Bonchev–Trinajstić information content (AvgIpc) is 3.00. The summed E-state index contributed by atoms with van der Waals surface area (Å²) >= 11 is 1.24. The summed E-state index contributed by atoms with van der Waals surface area (Å²) in [7, 11) is 1.36. The van der Waals surface area contributed by atoms with E-state index >= 15 is 0 Å². The number of thioether (sulfide) groups is 1. The number of hydrogen-bond acceptors (Lipinski definition) is 7. The third-order valence-corrected chi connectivity index (χ3v) is 6.42. The Balaban J connectivity index is 1.62. The van der Waals surface area contributed by atoms with Crippen molar-refractivity contribution in [3.05, 3.63) is 68.1 Å². The highest BCUT2D eigenvalue weighted by Crippen LogP contribution is 2.23. The van der Waals surface area contributed by atoms with Crippen LogP contribution >= 0.6 is 11.8 Å². The van der Waals surface area contributed by atoms with E-state index < -0.39 is 17.0 Å². The second-order valence-corrected chi connectivity index (χ2v) is 8.49. The maximum atomic E-state index is 13.0. The Hall–Kier alpha value is -3.14. The Labute approximate surface area is 182 Å². The van der Waals surface area contributed by atoms with Crippen molar-refractivity contribution in [1.82, 2.24) is 23.9 Å². The number of carbonyl (C=O) groups is 1. The Morgan fingerprint density at radius 2 is 1.90 bits per heavy atom. The van der Waals surface area contributed by atoms with Gasteiger partial charge in [-0.25, -0.2) is 4.79 Å². The molecule has 0 saturated carbocycles. The number of aromatic nitrogens is 5. The first kappa shape index (κ1) is 21.1. The summed E-state index contributed by atoms with van der Waals surface area (Å²) in [6.07, 6.45) is 4.14. The Morgan fingerprint density at radius 1 is 1.13 bits per heavy atom. The van der Waals surface area contributed by atoms with Crippen LogP contribution in [0.1, 0.15) is 41.0 Å². The number of anilines is 1. The molecule has 0 atom stereocenters. The second-order valence-electron chi connectivity index (χ2n) is 7.55. The van der Waals surface area contributed by atoms with E-state index in [1.165, 1.54) is 23.4 Å². The monoisotopic (exact) mass is 440 g/mol. The van der Waals surface area contributed by atoms with E-state index in [-0.39, 0.29) is 23.7 Å². The highest BCUT2D eigenvalue weighted by atomic mass is 32.2. The minimum absolute atomic E-state index is 0.0128. The Morgan fingerprint density at radius 3 is 2.68 bits per heavy atom. The molecule has 0 spiro atoms. The van der Waals surface area contributed by atoms with Gasteiger partial charge in [0.1, 0.15) is 17.2 Å². The molecule has 0 aliphatic carbocycles. The molecule has 3 heterocycles. The minimum atomic E-state index is -0.683. The lowest BCUT2D eigenvalue weighted by Gasteiger charge is -2.14. The van der Waals surface area contributed by atoms with Gasteiger partial charge in [0, 0.05) is 20.0 Å². The van der Waals surface area contributed by atoms with Gasteiger partial charge in [0.15, 0.2) is 10.9 Å². The molecule has 0 amide bonds. The van der Waals surface area contributed by atoms with Crippen LogP contribution in [-0.2, 0) is 26.6 Å².